The van der Waals surface area contributed by atoms with E-state index >= 15 is 0 Å². The summed E-state index contributed by atoms with van der Waals surface area (Å²) in [7, 11) is 0. The highest BCUT2D eigenvalue weighted by Crippen LogP contribution is 2.37. The van der Waals surface area contributed by atoms with E-state index < -0.39 is 17.7 Å². The first-order chi connectivity index (χ1) is 18.4. The number of ether oxygens (including phenoxy) is 1. The Morgan fingerprint density at radius 1 is 1.00 bits per heavy atom. The van der Waals surface area contributed by atoms with Gasteiger partial charge in [0.2, 0.25) is 0 Å². The molecule has 3 fully saturated rings. The van der Waals surface area contributed by atoms with E-state index in [4.69, 9.17) is 4.74 Å². The third-order valence-electron chi connectivity index (χ3n) is 7.94. The Bertz CT molecular complexity index is 1250. The topological polar surface area (TPSA) is 29.5 Å². The zero-order chi connectivity index (χ0) is 26.5. The number of hydrogen-bond donors (Lipinski definition) is 0. The van der Waals surface area contributed by atoms with E-state index in [0.29, 0.717) is 17.2 Å². The van der Waals surface area contributed by atoms with E-state index in [0.717, 1.165) is 73.4 Å². The van der Waals surface area contributed by atoms with Gasteiger partial charge < -0.3 is 9.22 Å². The second kappa shape index (κ2) is 11.9. The van der Waals surface area contributed by atoms with E-state index in [1.165, 1.54) is 15.9 Å². The number of carbonyl (C=O) groups is 1. The summed E-state index contributed by atoms with van der Waals surface area (Å²) in [6, 6.07) is 21.9. The van der Waals surface area contributed by atoms with Gasteiger partial charge in [0, 0.05) is 41.5 Å². The van der Waals surface area contributed by atoms with Gasteiger partial charge in [0.25, 0.3) is 0 Å². The lowest BCUT2D eigenvalue weighted by molar-refractivity contribution is -0.946. The number of amides is 1. The Labute approximate surface area is 228 Å². The highest BCUT2D eigenvalue weighted by molar-refractivity contribution is 7.99. The molecule has 200 valence electrons. The molecule has 2 bridgehead atoms. The summed E-state index contributed by atoms with van der Waals surface area (Å²) in [6.45, 7) is 6.29. The van der Waals surface area contributed by atoms with Crippen LogP contribution in [0.15, 0.2) is 77.7 Å². The third-order valence-corrected chi connectivity index (χ3v) is 9.04. The van der Waals surface area contributed by atoms with Gasteiger partial charge in [0.05, 0.1) is 26.2 Å². The fourth-order valence-electron chi connectivity index (χ4n) is 5.85. The number of fused-ring (bicyclic) bond motifs is 3. The molecule has 38 heavy (non-hydrogen) atoms. The van der Waals surface area contributed by atoms with Gasteiger partial charge in [0.15, 0.2) is 17.7 Å². The Kier molecular flexibility index (Phi) is 8.34. The molecule has 0 aromatic heterocycles. The maximum absolute atomic E-state index is 13.9. The van der Waals surface area contributed by atoms with Crippen LogP contribution in [0.25, 0.3) is 0 Å². The van der Waals surface area contributed by atoms with Crippen molar-refractivity contribution in [3.63, 3.8) is 0 Å². The number of thioether (sulfide) groups is 1. The van der Waals surface area contributed by atoms with E-state index in [1.54, 1.807) is 0 Å². The third kappa shape index (κ3) is 6.38. The number of rotatable bonds is 9. The van der Waals surface area contributed by atoms with Crippen LogP contribution in [0, 0.1) is 24.5 Å². The minimum atomic E-state index is -0.922. The summed E-state index contributed by atoms with van der Waals surface area (Å²) >= 11 is 1.90. The summed E-state index contributed by atoms with van der Waals surface area (Å²) < 4.78 is 34.7. The molecule has 3 heterocycles. The van der Waals surface area contributed by atoms with Crippen LogP contribution >= 0.6 is 11.8 Å². The zero-order valence-corrected chi connectivity index (χ0v) is 22.6. The van der Waals surface area contributed by atoms with Crippen molar-refractivity contribution in [1.82, 2.24) is 0 Å². The van der Waals surface area contributed by atoms with E-state index in [1.807, 2.05) is 49.0 Å². The molecule has 6 rings (SSSR count). The number of halogens is 2. The zero-order valence-electron chi connectivity index (χ0n) is 21.8. The first-order valence-electron chi connectivity index (χ1n) is 13.4. The van der Waals surface area contributed by atoms with Crippen molar-refractivity contribution in [2.24, 2.45) is 5.92 Å². The lowest BCUT2D eigenvalue weighted by Crippen LogP contribution is -2.65. The summed E-state index contributed by atoms with van der Waals surface area (Å²) in [5, 5.41) is 0. The van der Waals surface area contributed by atoms with Crippen LogP contribution in [0.1, 0.15) is 30.4 Å². The molecule has 3 aromatic carbocycles. The molecule has 3 aliphatic heterocycles. The Hall–Kier alpha value is -2.90. The molecule has 0 aliphatic carbocycles. The molecule has 1 unspecified atom stereocenters. The molecule has 0 spiro atoms. The molecule has 7 heteroatoms. The van der Waals surface area contributed by atoms with Gasteiger partial charge in [-0.15, -0.1) is 11.8 Å². The minimum Gasteiger partial charge on any atom is -0.440 e. The van der Waals surface area contributed by atoms with Crippen LogP contribution in [0.2, 0.25) is 0 Å². The fourth-order valence-corrected chi connectivity index (χ4v) is 6.71. The Morgan fingerprint density at radius 3 is 2.53 bits per heavy atom. The predicted molar refractivity (Wildman–Crippen MR) is 148 cm³/mol. The van der Waals surface area contributed by atoms with Crippen molar-refractivity contribution in [1.29, 1.82) is 0 Å². The van der Waals surface area contributed by atoms with Crippen molar-refractivity contribution < 1.29 is 22.8 Å². The van der Waals surface area contributed by atoms with Gasteiger partial charge in [-0.2, -0.15) is 0 Å². The minimum absolute atomic E-state index is 0.105. The SMILES string of the molecule is Cc1cccc(N(Cc2ccc(F)c(F)c2)C(=O)OC2C[N+]3(CCCSc4ccccc4)CCC2CC3)c1. The van der Waals surface area contributed by atoms with Crippen molar-refractivity contribution in [2.75, 3.05) is 36.8 Å². The van der Waals surface area contributed by atoms with Gasteiger partial charge in [-0.05, 0) is 54.4 Å². The molecule has 4 nitrogen and oxygen atoms in total. The normalized spacial score (nSPS) is 22.3. The first-order valence-corrected chi connectivity index (χ1v) is 14.4. The van der Waals surface area contributed by atoms with Gasteiger partial charge in [-0.25, -0.2) is 13.6 Å². The number of benzene rings is 3. The maximum Gasteiger partial charge on any atom is 0.415 e. The molecule has 0 saturated carbocycles. The number of carbonyl (C=O) groups excluding carboxylic acids is 1. The van der Waals surface area contributed by atoms with Crippen LogP contribution in [0.3, 0.4) is 0 Å². The van der Waals surface area contributed by atoms with Crippen LogP contribution < -0.4 is 4.90 Å². The van der Waals surface area contributed by atoms with Crippen molar-refractivity contribution in [3.8, 4) is 0 Å². The molecular weight excluding hydrogens is 502 g/mol. The number of aryl methyl sites for hydroxylation is 1. The standard InChI is InChI=1S/C31H35F2N2O2S/c1-23-7-5-8-26(19-23)34(21-24-11-12-28(32)29(33)20-24)31(36)37-30-22-35(16-13-25(30)14-17-35)15-6-18-38-27-9-3-2-4-10-27/h2-5,7-12,19-20,25,30H,6,13-18,21-22H2,1H3/q+1. The van der Waals surface area contributed by atoms with E-state index in [-0.39, 0.29) is 12.6 Å². The van der Waals surface area contributed by atoms with Crippen LogP contribution in [-0.4, -0.2) is 48.6 Å². The molecule has 0 N–H and O–H groups in total. The summed E-state index contributed by atoms with van der Waals surface area (Å²) in [5.41, 5.74) is 2.20. The number of anilines is 1. The van der Waals surface area contributed by atoms with Gasteiger partial charge in [-0.3, -0.25) is 4.90 Å². The molecule has 1 amide bonds. The quantitative estimate of drug-likeness (QED) is 0.164. The van der Waals surface area contributed by atoms with Crippen molar-refractivity contribution >= 4 is 23.5 Å². The second-order valence-corrected chi connectivity index (χ2v) is 11.8. The average Bonchev–Trinajstić information content (AvgIpc) is 2.93. The summed E-state index contributed by atoms with van der Waals surface area (Å²) in [4.78, 5) is 16.4. The predicted octanol–water partition coefficient (Wildman–Crippen LogP) is 7.21. The van der Waals surface area contributed by atoms with Crippen molar-refractivity contribution in [2.45, 2.75) is 43.7 Å². The highest BCUT2D eigenvalue weighted by atomic mass is 32.2. The van der Waals surface area contributed by atoms with Crippen LogP contribution in [0.4, 0.5) is 19.3 Å². The largest absolute Gasteiger partial charge is 0.440 e. The number of piperidine rings is 3. The lowest BCUT2D eigenvalue weighted by Gasteiger charge is -2.52. The van der Waals surface area contributed by atoms with Gasteiger partial charge >= 0.3 is 6.09 Å². The highest BCUT2D eigenvalue weighted by Gasteiger charge is 2.47. The number of quaternary nitrogens is 1. The molecule has 3 aliphatic rings. The van der Waals surface area contributed by atoms with Gasteiger partial charge in [-0.1, -0.05) is 36.4 Å². The Morgan fingerprint density at radius 2 is 1.79 bits per heavy atom. The number of hydrogen-bond acceptors (Lipinski definition) is 3. The first kappa shape index (κ1) is 26.7. The van der Waals surface area contributed by atoms with Crippen LogP contribution in [-0.2, 0) is 11.3 Å². The summed E-state index contributed by atoms with van der Waals surface area (Å²) in [6.07, 6.45) is 2.69. The monoisotopic (exact) mass is 537 g/mol. The fraction of sp³-hybridized carbons (Fsp3) is 0.387. The molecule has 3 saturated heterocycles. The Balaban J connectivity index is 1.25. The second-order valence-electron chi connectivity index (χ2n) is 10.6. The van der Waals surface area contributed by atoms with Gasteiger partial charge in [0.1, 0.15) is 6.54 Å². The van der Waals surface area contributed by atoms with E-state index in [2.05, 4.69) is 24.3 Å². The molecule has 0 radical (unpaired) electrons. The maximum atomic E-state index is 13.9. The lowest BCUT2D eigenvalue weighted by atomic mass is 9.83. The molecular formula is C31H35F2N2O2S+. The number of nitrogens with zero attached hydrogens (tertiary/aromatic N) is 2. The van der Waals surface area contributed by atoms with Crippen LogP contribution in [0.5, 0.6) is 0 Å². The molecule has 3 aromatic rings. The van der Waals surface area contributed by atoms with E-state index in [9.17, 15) is 13.6 Å². The molecule has 1 atom stereocenters. The van der Waals surface area contributed by atoms with Crippen molar-refractivity contribution in [3.05, 3.63) is 95.6 Å². The average molecular weight is 538 g/mol. The summed E-state index contributed by atoms with van der Waals surface area (Å²) in [5.74, 6) is -0.371. The smallest absolute Gasteiger partial charge is 0.415 e.